The van der Waals surface area contributed by atoms with E-state index < -0.39 is 5.91 Å². The third-order valence-corrected chi connectivity index (χ3v) is 2.93. The lowest BCUT2D eigenvalue weighted by molar-refractivity contribution is -0.119. The van der Waals surface area contributed by atoms with Crippen LogP contribution >= 0.6 is 0 Å². The van der Waals surface area contributed by atoms with Crippen LogP contribution in [0, 0.1) is 0 Å². The van der Waals surface area contributed by atoms with Crippen LogP contribution in [0.1, 0.15) is 18.9 Å². The van der Waals surface area contributed by atoms with Crippen molar-refractivity contribution in [2.75, 3.05) is 20.3 Å². The first-order chi connectivity index (χ1) is 9.62. The molecule has 0 aliphatic rings. The lowest BCUT2D eigenvalue weighted by Crippen LogP contribution is -2.31. The summed E-state index contributed by atoms with van der Waals surface area (Å²) in [7, 11) is 1.53. The second kappa shape index (κ2) is 8.39. The van der Waals surface area contributed by atoms with E-state index in [4.69, 9.17) is 15.2 Å². The molecule has 0 saturated heterocycles. The van der Waals surface area contributed by atoms with Crippen LogP contribution in [0.2, 0.25) is 0 Å². The first-order valence-electron chi connectivity index (χ1n) is 6.53. The Morgan fingerprint density at radius 2 is 2.25 bits per heavy atom. The van der Waals surface area contributed by atoms with Crippen LogP contribution in [-0.4, -0.2) is 37.4 Å². The molecule has 20 heavy (non-hydrogen) atoms. The Morgan fingerprint density at radius 1 is 1.50 bits per heavy atom. The number of hydrogen-bond donors (Lipinski definition) is 3. The molecule has 0 aromatic heterocycles. The number of amides is 1. The molecule has 112 valence electrons. The summed E-state index contributed by atoms with van der Waals surface area (Å²) in [5.41, 5.74) is 5.94. The Kier molecular flexibility index (Phi) is 6.83. The molecule has 6 nitrogen and oxygen atoms in total. The third-order valence-electron chi connectivity index (χ3n) is 2.93. The molecule has 0 bridgehead atoms. The standard InChI is InChI=1S/C14H22N2O4/c1-3-11(8-17)16-7-10-5-4-6-12(19-2)14(10)20-9-13(15)18/h4-6,11,16-17H,3,7-9H2,1-2H3,(H2,15,18). The first-order valence-corrected chi connectivity index (χ1v) is 6.53. The molecule has 0 spiro atoms. The summed E-state index contributed by atoms with van der Waals surface area (Å²) in [5.74, 6) is 0.494. The normalized spacial score (nSPS) is 11.9. The molecule has 1 amide bonds. The van der Waals surface area contributed by atoms with Gasteiger partial charge in [0.2, 0.25) is 0 Å². The number of aliphatic hydroxyl groups is 1. The number of carbonyl (C=O) groups excluding carboxylic acids is 1. The molecule has 0 fully saturated rings. The van der Waals surface area contributed by atoms with Crippen molar-refractivity contribution in [1.82, 2.24) is 5.32 Å². The highest BCUT2D eigenvalue weighted by molar-refractivity contribution is 5.75. The lowest BCUT2D eigenvalue weighted by Gasteiger charge is -2.17. The number of methoxy groups -OCH3 is 1. The number of para-hydroxylation sites is 1. The fraction of sp³-hybridized carbons (Fsp3) is 0.500. The third kappa shape index (κ3) is 4.71. The molecule has 0 aliphatic heterocycles. The minimum Gasteiger partial charge on any atom is -0.493 e. The van der Waals surface area contributed by atoms with Gasteiger partial charge in [0.25, 0.3) is 5.91 Å². The van der Waals surface area contributed by atoms with E-state index in [1.807, 2.05) is 19.1 Å². The fourth-order valence-corrected chi connectivity index (χ4v) is 1.76. The smallest absolute Gasteiger partial charge is 0.255 e. The van der Waals surface area contributed by atoms with E-state index in [2.05, 4.69) is 5.32 Å². The highest BCUT2D eigenvalue weighted by Gasteiger charge is 2.13. The molecule has 0 heterocycles. The lowest BCUT2D eigenvalue weighted by atomic mass is 10.1. The van der Waals surface area contributed by atoms with Gasteiger partial charge in [-0.25, -0.2) is 0 Å². The van der Waals surface area contributed by atoms with Gasteiger partial charge in [-0.1, -0.05) is 19.1 Å². The minimum atomic E-state index is -0.545. The molecule has 4 N–H and O–H groups in total. The van der Waals surface area contributed by atoms with Crippen molar-refractivity contribution in [3.63, 3.8) is 0 Å². The number of hydrogen-bond acceptors (Lipinski definition) is 5. The minimum absolute atomic E-state index is 0.0187. The molecule has 0 radical (unpaired) electrons. The molecular weight excluding hydrogens is 260 g/mol. The van der Waals surface area contributed by atoms with E-state index >= 15 is 0 Å². The van der Waals surface area contributed by atoms with Crippen LogP contribution in [0.15, 0.2) is 18.2 Å². The Bertz CT molecular complexity index is 433. The molecule has 1 aromatic carbocycles. The summed E-state index contributed by atoms with van der Waals surface area (Å²) < 4.78 is 10.6. The van der Waals surface area contributed by atoms with Crippen molar-refractivity contribution >= 4 is 5.91 Å². The van der Waals surface area contributed by atoms with Crippen LogP contribution < -0.4 is 20.5 Å². The zero-order chi connectivity index (χ0) is 15.0. The number of ether oxygens (including phenoxy) is 2. The van der Waals surface area contributed by atoms with Gasteiger partial charge in [0.15, 0.2) is 18.1 Å². The van der Waals surface area contributed by atoms with E-state index in [-0.39, 0.29) is 19.3 Å². The molecule has 1 aromatic rings. The molecule has 6 heteroatoms. The van der Waals surface area contributed by atoms with Gasteiger partial charge in [0.1, 0.15) is 0 Å². The maximum Gasteiger partial charge on any atom is 0.255 e. The van der Waals surface area contributed by atoms with Crippen molar-refractivity contribution in [1.29, 1.82) is 0 Å². The monoisotopic (exact) mass is 282 g/mol. The number of benzene rings is 1. The van der Waals surface area contributed by atoms with Gasteiger partial charge in [0.05, 0.1) is 13.7 Å². The van der Waals surface area contributed by atoms with Gasteiger partial charge >= 0.3 is 0 Å². The van der Waals surface area contributed by atoms with Crippen LogP contribution in [0.5, 0.6) is 11.5 Å². The molecule has 1 atom stereocenters. The maximum absolute atomic E-state index is 10.9. The van der Waals surface area contributed by atoms with Gasteiger partial charge in [-0.15, -0.1) is 0 Å². The largest absolute Gasteiger partial charge is 0.493 e. The summed E-state index contributed by atoms with van der Waals surface area (Å²) in [5, 5.41) is 12.4. The number of primary amides is 1. The Morgan fingerprint density at radius 3 is 2.80 bits per heavy atom. The van der Waals surface area contributed by atoms with Crippen molar-refractivity contribution in [3.8, 4) is 11.5 Å². The Labute approximate surface area is 118 Å². The van der Waals surface area contributed by atoms with Gasteiger partial charge in [-0.05, 0) is 12.5 Å². The predicted molar refractivity (Wildman–Crippen MR) is 75.7 cm³/mol. The van der Waals surface area contributed by atoms with Crippen molar-refractivity contribution in [2.45, 2.75) is 25.9 Å². The van der Waals surface area contributed by atoms with E-state index in [1.165, 1.54) is 7.11 Å². The number of carbonyl (C=O) groups is 1. The van der Waals surface area contributed by atoms with Gasteiger partial charge in [-0.2, -0.15) is 0 Å². The predicted octanol–water partition coefficient (Wildman–Crippen LogP) is 0.420. The van der Waals surface area contributed by atoms with E-state index in [0.717, 1.165) is 12.0 Å². The average Bonchev–Trinajstić information content (AvgIpc) is 2.46. The molecule has 0 saturated carbocycles. The van der Waals surface area contributed by atoms with Crippen LogP contribution in [0.4, 0.5) is 0 Å². The molecule has 0 aliphatic carbocycles. The van der Waals surface area contributed by atoms with Crippen molar-refractivity contribution < 1.29 is 19.4 Å². The molecule has 1 rings (SSSR count). The topological polar surface area (TPSA) is 93.8 Å². The number of rotatable bonds is 9. The number of nitrogens with two attached hydrogens (primary N) is 1. The highest BCUT2D eigenvalue weighted by atomic mass is 16.5. The highest BCUT2D eigenvalue weighted by Crippen LogP contribution is 2.31. The number of nitrogens with one attached hydrogen (secondary N) is 1. The fourth-order valence-electron chi connectivity index (χ4n) is 1.76. The van der Waals surface area contributed by atoms with Crippen LogP contribution in [0.3, 0.4) is 0 Å². The molecular formula is C14H22N2O4. The summed E-state index contributed by atoms with van der Waals surface area (Å²) >= 11 is 0. The zero-order valence-corrected chi connectivity index (χ0v) is 11.9. The number of aliphatic hydroxyl groups excluding tert-OH is 1. The van der Waals surface area contributed by atoms with Gasteiger partial charge in [-0.3, -0.25) is 4.79 Å². The SMILES string of the molecule is CCC(CO)NCc1cccc(OC)c1OCC(N)=O. The van der Waals surface area contributed by atoms with E-state index in [9.17, 15) is 9.90 Å². The average molecular weight is 282 g/mol. The second-order valence-electron chi connectivity index (χ2n) is 4.37. The van der Waals surface area contributed by atoms with Gasteiger partial charge < -0.3 is 25.6 Å². The first kappa shape index (κ1) is 16.3. The second-order valence-corrected chi connectivity index (χ2v) is 4.37. The summed E-state index contributed by atoms with van der Waals surface area (Å²) in [6.45, 7) is 2.36. The quantitative estimate of drug-likeness (QED) is 0.610. The van der Waals surface area contributed by atoms with E-state index in [1.54, 1.807) is 6.07 Å². The summed E-state index contributed by atoms with van der Waals surface area (Å²) in [6.07, 6.45) is 0.817. The van der Waals surface area contributed by atoms with Crippen LogP contribution in [-0.2, 0) is 11.3 Å². The summed E-state index contributed by atoms with van der Waals surface area (Å²) in [4.78, 5) is 10.9. The van der Waals surface area contributed by atoms with E-state index in [0.29, 0.717) is 18.0 Å². The van der Waals surface area contributed by atoms with Gasteiger partial charge in [0, 0.05) is 18.2 Å². The molecule has 1 unspecified atom stereocenters. The maximum atomic E-state index is 10.9. The Balaban J connectivity index is 2.84. The van der Waals surface area contributed by atoms with Crippen molar-refractivity contribution in [3.05, 3.63) is 23.8 Å². The van der Waals surface area contributed by atoms with Crippen molar-refractivity contribution in [2.24, 2.45) is 5.73 Å². The zero-order valence-electron chi connectivity index (χ0n) is 11.9. The summed E-state index contributed by atoms with van der Waals surface area (Å²) in [6, 6.07) is 5.48. The van der Waals surface area contributed by atoms with Crippen LogP contribution in [0.25, 0.3) is 0 Å². The Hall–Kier alpha value is -1.79.